The van der Waals surface area contributed by atoms with Crippen LogP contribution in [0.15, 0.2) is 158 Å². The molecule has 0 aliphatic carbocycles. The van der Waals surface area contributed by atoms with E-state index < -0.39 is 0 Å². The Morgan fingerprint density at radius 3 is 1.41 bits per heavy atom. The number of para-hydroxylation sites is 6. The van der Waals surface area contributed by atoms with Crippen molar-refractivity contribution in [1.29, 1.82) is 0 Å². The van der Waals surface area contributed by atoms with Crippen LogP contribution in [0.1, 0.15) is 92.9 Å². The first-order chi connectivity index (χ1) is 38.2. The third-order valence-corrected chi connectivity index (χ3v) is 15.0. The van der Waals surface area contributed by atoms with E-state index >= 15 is 0 Å². The van der Waals surface area contributed by atoms with Crippen LogP contribution >= 0.6 is 0 Å². The Kier molecular flexibility index (Phi) is 19.8. The fourth-order valence-electron chi connectivity index (χ4n) is 11.1. The van der Waals surface area contributed by atoms with Gasteiger partial charge in [-0.1, -0.05) is 91.9 Å². The highest BCUT2D eigenvalue weighted by molar-refractivity contribution is 5.79. The van der Waals surface area contributed by atoms with E-state index in [-0.39, 0.29) is 35.6 Å². The smallest absolute Gasteiger partial charge is 0.224 e. The summed E-state index contributed by atoms with van der Waals surface area (Å²) in [6, 6.07) is 52.1. The van der Waals surface area contributed by atoms with E-state index in [4.69, 9.17) is 34.6 Å². The second kappa shape index (κ2) is 27.8. The summed E-state index contributed by atoms with van der Waals surface area (Å²) in [7, 11) is 3.48. The lowest BCUT2D eigenvalue weighted by Crippen LogP contribution is -2.42. The average Bonchev–Trinajstić information content (AvgIpc) is 4.16. The molecule has 8 aromatic rings. The van der Waals surface area contributed by atoms with Gasteiger partial charge in [0.25, 0.3) is 0 Å². The maximum atomic E-state index is 13.4. The molecular formula is C65H77N7O6. The van der Waals surface area contributed by atoms with Gasteiger partial charge < -0.3 is 43.6 Å². The van der Waals surface area contributed by atoms with Crippen LogP contribution in [0.3, 0.4) is 0 Å². The number of carbonyl (C=O) groups is 2. The highest BCUT2D eigenvalue weighted by Gasteiger charge is 2.31. The fraction of sp³-hybridized carbons (Fsp3) is 0.385. The van der Waals surface area contributed by atoms with Gasteiger partial charge in [-0.3, -0.25) is 9.59 Å². The van der Waals surface area contributed by atoms with Gasteiger partial charge in [0.2, 0.25) is 11.8 Å². The molecule has 6 aromatic carbocycles. The minimum Gasteiger partial charge on any atom is -0.457 e. The zero-order valence-electron chi connectivity index (χ0n) is 45.8. The first-order valence-electron chi connectivity index (χ1n) is 28.0. The Morgan fingerprint density at radius 2 is 0.949 bits per heavy atom. The van der Waals surface area contributed by atoms with E-state index in [1.165, 1.54) is 11.1 Å². The highest BCUT2D eigenvalue weighted by atomic mass is 16.5. The number of aromatic nitrogens is 4. The molecule has 0 radical (unpaired) electrons. The van der Waals surface area contributed by atoms with E-state index in [1.54, 1.807) is 14.2 Å². The standard InChI is InChI=1S/C33H39N3O3.C32H38N4O3/c1-25(22-26-15-17-29(18-16-26)39-28-11-4-3-5-12-28)23-32(37)35-19-8-10-27(24-35)33-34-30-13-6-7-14-31(30)36(33)20-9-21-38-2;1-38-20-8-19-36-30-13-6-5-12-29(30)34-32(36)25-9-7-18-35(23-25)31(37)22-26(33)21-24-14-16-28(17-15-24)39-27-10-3-2-4-11-27/h3-7,11-18,25,27H,8-10,19-24H2,1-2H3;2-6,10-17,25-26H,7-9,18-23,33H2,1H3/t25-,27-;25-,26-/m11/s1. The SMILES string of the molecule is COCCCn1c([C@@H]2CCCN(C(=O)C[C@H](C)Cc3ccc(Oc4ccccc4)cc3)C2)nc2ccccc21.COCCCn1c([C@@H]2CCCN(C(=O)C[C@H](N)Cc3ccc(Oc4ccccc4)cc3)C2)nc2ccccc21. The Balaban J connectivity index is 0.000000190. The number of ether oxygens (including phenoxy) is 4. The van der Waals surface area contributed by atoms with Crippen LogP contribution in [0.5, 0.6) is 23.0 Å². The van der Waals surface area contributed by atoms with E-state index in [0.29, 0.717) is 32.4 Å². The summed E-state index contributed by atoms with van der Waals surface area (Å²) >= 11 is 0. The molecule has 2 fully saturated rings. The molecule has 0 bridgehead atoms. The minimum absolute atomic E-state index is 0.123. The van der Waals surface area contributed by atoms with Gasteiger partial charge in [0.15, 0.2) is 0 Å². The summed E-state index contributed by atoms with van der Waals surface area (Å²) in [5, 5.41) is 0. The quantitative estimate of drug-likeness (QED) is 0.0657. The molecule has 13 heteroatoms. The van der Waals surface area contributed by atoms with Crippen molar-refractivity contribution in [3.05, 3.63) is 181 Å². The molecule has 78 heavy (non-hydrogen) atoms. The van der Waals surface area contributed by atoms with E-state index in [1.807, 2.05) is 114 Å². The Labute approximate surface area is 460 Å². The van der Waals surface area contributed by atoms with Gasteiger partial charge in [0, 0.05) is 97.4 Å². The molecule has 2 saturated heterocycles. The monoisotopic (exact) mass is 1050 g/mol. The number of nitrogens with two attached hydrogens (primary N) is 1. The molecule has 4 atom stereocenters. The minimum atomic E-state index is -0.239. The topological polar surface area (TPSA) is 139 Å². The molecule has 0 unspecified atom stereocenters. The molecule has 0 saturated carbocycles. The van der Waals surface area contributed by atoms with Crippen molar-refractivity contribution in [1.82, 2.24) is 28.9 Å². The summed E-state index contributed by atoms with van der Waals surface area (Å²) in [5.74, 6) is 6.52. The van der Waals surface area contributed by atoms with Gasteiger partial charge in [0.1, 0.15) is 34.6 Å². The molecule has 13 nitrogen and oxygen atoms in total. The lowest BCUT2D eigenvalue weighted by molar-refractivity contribution is -0.133. The van der Waals surface area contributed by atoms with Crippen molar-refractivity contribution in [2.24, 2.45) is 11.7 Å². The number of nitrogens with zero attached hydrogens (tertiary/aromatic N) is 6. The number of methoxy groups -OCH3 is 2. The second-order valence-corrected chi connectivity index (χ2v) is 21.1. The molecule has 2 aliphatic heterocycles. The zero-order chi connectivity index (χ0) is 54.1. The van der Waals surface area contributed by atoms with Crippen molar-refractivity contribution >= 4 is 33.9 Å². The summed E-state index contributed by atoms with van der Waals surface area (Å²) in [4.78, 5) is 40.7. The van der Waals surface area contributed by atoms with Gasteiger partial charge in [0.05, 0.1) is 22.1 Å². The lowest BCUT2D eigenvalue weighted by Gasteiger charge is -2.33. The number of benzene rings is 6. The highest BCUT2D eigenvalue weighted by Crippen LogP contribution is 2.33. The maximum absolute atomic E-state index is 13.4. The van der Waals surface area contributed by atoms with Crippen LogP contribution in [-0.2, 0) is 45.0 Å². The lowest BCUT2D eigenvalue weighted by atomic mass is 9.94. The van der Waals surface area contributed by atoms with Crippen LogP contribution in [0.25, 0.3) is 22.1 Å². The number of piperidine rings is 2. The zero-order valence-corrected chi connectivity index (χ0v) is 45.8. The Hall–Kier alpha value is -7.32. The van der Waals surface area contributed by atoms with Crippen molar-refractivity contribution in [2.75, 3.05) is 53.6 Å². The molecule has 2 N–H and O–H groups in total. The van der Waals surface area contributed by atoms with Gasteiger partial charge in [-0.15, -0.1) is 0 Å². The van der Waals surface area contributed by atoms with Crippen LogP contribution < -0.4 is 15.2 Å². The van der Waals surface area contributed by atoms with E-state index in [0.717, 1.165) is 141 Å². The molecular weight excluding hydrogens is 975 g/mol. The number of hydrogen-bond acceptors (Lipinski definition) is 9. The summed E-state index contributed by atoms with van der Waals surface area (Å²) in [6.07, 6.45) is 8.33. The number of imidazole rings is 2. The summed E-state index contributed by atoms with van der Waals surface area (Å²) < 4.78 is 27.1. The number of fused-ring (bicyclic) bond motifs is 2. The molecule has 2 amide bonds. The van der Waals surface area contributed by atoms with Gasteiger partial charge in [-0.2, -0.15) is 0 Å². The van der Waals surface area contributed by atoms with E-state index in [2.05, 4.69) is 69.5 Å². The van der Waals surface area contributed by atoms with Gasteiger partial charge in [-0.05, 0) is 141 Å². The average molecular weight is 1050 g/mol. The van der Waals surface area contributed by atoms with Crippen LogP contribution in [0.4, 0.5) is 0 Å². The molecule has 2 aliphatic rings. The van der Waals surface area contributed by atoms with Crippen LogP contribution in [0.2, 0.25) is 0 Å². The van der Waals surface area contributed by atoms with Crippen molar-refractivity contribution in [3.8, 4) is 23.0 Å². The number of likely N-dealkylation sites (tertiary alicyclic amines) is 2. The number of amides is 2. The van der Waals surface area contributed by atoms with Crippen LogP contribution in [-0.4, -0.2) is 100 Å². The third kappa shape index (κ3) is 15.0. The third-order valence-electron chi connectivity index (χ3n) is 15.0. The predicted molar refractivity (Wildman–Crippen MR) is 309 cm³/mol. The summed E-state index contributed by atoms with van der Waals surface area (Å²) in [5.41, 5.74) is 13.1. The Bertz CT molecular complexity index is 2910. The number of hydrogen-bond donors (Lipinski definition) is 1. The predicted octanol–water partition coefficient (Wildman–Crippen LogP) is 12.4. The molecule has 408 valence electrons. The van der Waals surface area contributed by atoms with Crippen LogP contribution in [0, 0.1) is 5.92 Å². The fourth-order valence-corrected chi connectivity index (χ4v) is 11.1. The molecule has 10 rings (SSSR count). The molecule has 2 aromatic heterocycles. The Morgan fingerprint density at radius 1 is 0.538 bits per heavy atom. The van der Waals surface area contributed by atoms with Crippen molar-refractivity contribution in [3.63, 3.8) is 0 Å². The number of aryl methyl sites for hydroxylation is 2. The first kappa shape index (κ1) is 55.4. The largest absolute Gasteiger partial charge is 0.457 e. The van der Waals surface area contributed by atoms with Crippen molar-refractivity contribution in [2.45, 2.75) is 102 Å². The number of carbonyl (C=O) groups excluding carboxylic acids is 2. The molecule has 4 heterocycles. The van der Waals surface area contributed by atoms with Crippen molar-refractivity contribution < 1.29 is 28.5 Å². The number of rotatable bonds is 22. The maximum Gasteiger partial charge on any atom is 0.224 e. The molecule has 0 spiro atoms. The van der Waals surface area contributed by atoms with Gasteiger partial charge >= 0.3 is 0 Å². The summed E-state index contributed by atoms with van der Waals surface area (Å²) in [6.45, 7) is 8.37. The first-order valence-corrected chi connectivity index (χ1v) is 28.0. The van der Waals surface area contributed by atoms with E-state index in [9.17, 15) is 9.59 Å². The van der Waals surface area contributed by atoms with Gasteiger partial charge in [-0.25, -0.2) is 9.97 Å². The normalized spacial score (nSPS) is 16.4. The second-order valence-electron chi connectivity index (χ2n) is 21.1.